The molecule has 114 valence electrons. The minimum Gasteiger partial charge on any atom is -0.748 e. The van der Waals surface area contributed by atoms with Crippen molar-refractivity contribution in [3.8, 4) is 0 Å². The first-order valence-electron chi connectivity index (χ1n) is 6.71. The molecule has 1 aliphatic rings. The van der Waals surface area contributed by atoms with Crippen molar-refractivity contribution in [1.82, 2.24) is 0 Å². The van der Waals surface area contributed by atoms with Crippen molar-refractivity contribution in [2.75, 3.05) is 29.9 Å². The molecule has 0 aromatic heterocycles. The molecule has 0 atom stereocenters. The maximum Gasteiger partial charge on any atom is 0.236 e. The van der Waals surface area contributed by atoms with Crippen molar-refractivity contribution >= 4 is 32.6 Å². The van der Waals surface area contributed by atoms with Gasteiger partial charge in [0.05, 0.1) is 15.9 Å². The first-order valence-corrected chi connectivity index (χ1v) is 9.27. The van der Waals surface area contributed by atoms with Crippen LogP contribution in [-0.2, 0) is 10.1 Å². The van der Waals surface area contributed by atoms with Crippen LogP contribution in [-0.4, -0.2) is 47.2 Å². The Morgan fingerprint density at radius 3 is 2.81 bits per heavy atom. The number of nitrogens with zero attached hydrogens (tertiary/aromatic N) is 1. The molecule has 21 heavy (non-hydrogen) atoms. The van der Waals surface area contributed by atoms with Gasteiger partial charge in [0.25, 0.3) is 0 Å². The van der Waals surface area contributed by atoms with Gasteiger partial charge in [-0.2, -0.15) is 0 Å². The van der Waals surface area contributed by atoms with Crippen LogP contribution >= 0.6 is 11.8 Å². The molecule has 5 nitrogen and oxygen atoms in total. The highest BCUT2D eigenvalue weighted by molar-refractivity contribution is 8.14. The van der Waals surface area contributed by atoms with E-state index in [1.165, 1.54) is 0 Å². The maximum absolute atomic E-state index is 10.6. The third-order valence-electron chi connectivity index (χ3n) is 2.99. The quantitative estimate of drug-likeness (QED) is 0.610. The van der Waals surface area contributed by atoms with Gasteiger partial charge in [-0.25, -0.2) is 13.0 Å². The minimum absolute atomic E-state index is 0.298. The second-order valence-electron chi connectivity index (χ2n) is 4.63. The van der Waals surface area contributed by atoms with Gasteiger partial charge in [0.15, 0.2) is 6.54 Å². The fraction of sp³-hybridized carbons (Fsp3) is 0.357. The number of para-hydroxylation sites is 1. The van der Waals surface area contributed by atoms with Crippen molar-refractivity contribution in [3.05, 3.63) is 42.6 Å². The first-order chi connectivity index (χ1) is 10.0. The fourth-order valence-corrected chi connectivity index (χ4v) is 3.55. The van der Waals surface area contributed by atoms with Crippen LogP contribution in [0.1, 0.15) is 6.42 Å². The zero-order valence-electron chi connectivity index (χ0n) is 11.6. The molecule has 0 unspecified atom stereocenters. The average molecular weight is 326 g/mol. The van der Waals surface area contributed by atoms with Crippen molar-refractivity contribution in [3.63, 3.8) is 0 Å². The molecule has 0 fully saturated rings. The summed E-state index contributed by atoms with van der Waals surface area (Å²) in [5.74, 6) is 0.683. The molecule has 0 bridgehead atoms. The van der Waals surface area contributed by atoms with Crippen molar-refractivity contribution in [1.29, 1.82) is 0 Å². The molecule has 0 saturated heterocycles. The van der Waals surface area contributed by atoms with Crippen LogP contribution in [0.4, 0.5) is 5.69 Å². The summed E-state index contributed by atoms with van der Waals surface area (Å²) in [7, 11) is -4.11. The molecule has 0 aliphatic carbocycles. The van der Waals surface area contributed by atoms with Crippen LogP contribution in [0.2, 0.25) is 0 Å². The molecule has 0 saturated carbocycles. The summed E-state index contributed by atoms with van der Waals surface area (Å²) in [5, 5.41) is 4.28. The SMILES string of the molecule is O=S(=O)([O-])CCC[N+]1=C(C=CNc2ccccc2)SCC1. The van der Waals surface area contributed by atoms with E-state index in [-0.39, 0.29) is 5.75 Å². The molecular formula is C14H18N2O3S2. The minimum atomic E-state index is -4.11. The number of hydrogen-bond donors (Lipinski definition) is 1. The van der Waals surface area contributed by atoms with E-state index < -0.39 is 10.1 Å². The standard InChI is InChI=1S/C14H18N2O3S2/c17-21(18,19)12-4-9-16-10-11-20-14(16)7-8-15-13-5-2-1-3-6-13/h1-3,5-8H,4,9-12H2,(H,17,18,19). The van der Waals surface area contributed by atoms with E-state index >= 15 is 0 Å². The smallest absolute Gasteiger partial charge is 0.236 e. The second-order valence-corrected chi connectivity index (χ2v) is 7.27. The summed E-state index contributed by atoms with van der Waals surface area (Å²) in [6, 6.07) is 9.84. The Morgan fingerprint density at radius 2 is 2.10 bits per heavy atom. The van der Waals surface area contributed by atoms with E-state index in [0.29, 0.717) is 13.0 Å². The van der Waals surface area contributed by atoms with Crippen LogP contribution in [0.5, 0.6) is 0 Å². The molecule has 0 radical (unpaired) electrons. The van der Waals surface area contributed by atoms with Crippen molar-refractivity contribution < 1.29 is 17.5 Å². The highest BCUT2D eigenvalue weighted by Gasteiger charge is 2.20. The molecule has 7 heteroatoms. The van der Waals surface area contributed by atoms with E-state index in [2.05, 4.69) is 9.89 Å². The molecule has 2 rings (SSSR count). The lowest BCUT2D eigenvalue weighted by molar-refractivity contribution is -0.516. The molecule has 1 aromatic carbocycles. The first kappa shape index (κ1) is 16.1. The number of rotatable bonds is 7. The van der Waals surface area contributed by atoms with Gasteiger partial charge in [0.1, 0.15) is 6.54 Å². The molecule has 0 amide bonds. The van der Waals surface area contributed by atoms with Crippen molar-refractivity contribution in [2.24, 2.45) is 0 Å². The highest BCUT2D eigenvalue weighted by atomic mass is 32.2. The van der Waals surface area contributed by atoms with Gasteiger partial charge in [-0.1, -0.05) is 30.0 Å². The monoisotopic (exact) mass is 326 g/mol. The summed E-state index contributed by atoms with van der Waals surface area (Å²) in [5.41, 5.74) is 1.02. The molecule has 1 N–H and O–H groups in total. The van der Waals surface area contributed by atoms with E-state index in [4.69, 9.17) is 0 Å². The van der Waals surface area contributed by atoms with Gasteiger partial charge in [0, 0.05) is 30.1 Å². The lowest BCUT2D eigenvalue weighted by Crippen LogP contribution is -2.18. The molecule has 1 aliphatic heterocycles. The summed E-state index contributed by atoms with van der Waals surface area (Å²) in [6.45, 7) is 1.48. The number of benzene rings is 1. The Labute approximate surface area is 129 Å². The number of anilines is 1. The third kappa shape index (κ3) is 5.91. The number of thioether (sulfide) groups is 1. The van der Waals surface area contributed by atoms with Crippen LogP contribution in [0.3, 0.4) is 0 Å². The van der Waals surface area contributed by atoms with E-state index in [0.717, 1.165) is 23.0 Å². The zero-order valence-corrected chi connectivity index (χ0v) is 13.2. The fourth-order valence-electron chi connectivity index (χ4n) is 2.01. The lowest BCUT2D eigenvalue weighted by Gasteiger charge is -2.05. The predicted octanol–water partition coefficient (Wildman–Crippen LogP) is 1.71. The number of nitrogens with one attached hydrogen (secondary N) is 1. The maximum atomic E-state index is 10.6. The summed E-state index contributed by atoms with van der Waals surface area (Å²) < 4.78 is 33.9. The van der Waals surface area contributed by atoms with E-state index in [9.17, 15) is 13.0 Å². The number of hydrogen-bond acceptors (Lipinski definition) is 5. The van der Waals surface area contributed by atoms with Gasteiger partial charge >= 0.3 is 0 Å². The largest absolute Gasteiger partial charge is 0.748 e. The van der Waals surface area contributed by atoms with E-state index in [1.54, 1.807) is 11.8 Å². The Balaban J connectivity index is 1.89. The summed E-state index contributed by atoms with van der Waals surface area (Å²) in [6.07, 6.45) is 4.23. The molecule has 0 spiro atoms. The molecule has 1 heterocycles. The normalized spacial score (nSPS) is 15.9. The molecule has 1 aromatic rings. The van der Waals surface area contributed by atoms with E-state index in [1.807, 2.05) is 42.6 Å². The lowest BCUT2D eigenvalue weighted by atomic mass is 10.3. The van der Waals surface area contributed by atoms with Gasteiger partial charge in [-0.3, -0.25) is 0 Å². The molecular weight excluding hydrogens is 308 g/mol. The van der Waals surface area contributed by atoms with Gasteiger partial charge in [-0.15, -0.1) is 0 Å². The van der Waals surface area contributed by atoms with Crippen LogP contribution < -0.4 is 5.32 Å². The zero-order chi connectivity index (χ0) is 15.1. The second kappa shape index (κ2) is 7.63. The average Bonchev–Trinajstić information content (AvgIpc) is 2.86. The summed E-state index contributed by atoms with van der Waals surface area (Å²) >= 11 is 1.73. The predicted molar refractivity (Wildman–Crippen MR) is 85.8 cm³/mol. The summed E-state index contributed by atoms with van der Waals surface area (Å²) in [4.78, 5) is 0. The van der Waals surface area contributed by atoms with Gasteiger partial charge < -0.3 is 9.87 Å². The van der Waals surface area contributed by atoms with Crippen molar-refractivity contribution in [2.45, 2.75) is 6.42 Å². The third-order valence-corrected chi connectivity index (χ3v) is 4.86. The van der Waals surface area contributed by atoms with Gasteiger partial charge in [-0.05, 0) is 12.1 Å². The Morgan fingerprint density at radius 1 is 1.33 bits per heavy atom. The van der Waals surface area contributed by atoms with Crippen LogP contribution in [0, 0.1) is 0 Å². The Bertz CT molecular complexity index is 625. The highest BCUT2D eigenvalue weighted by Crippen LogP contribution is 2.14. The Kier molecular flexibility index (Phi) is 5.84. The van der Waals surface area contributed by atoms with Crippen LogP contribution in [0.15, 0.2) is 42.6 Å². The topological polar surface area (TPSA) is 72.2 Å². The van der Waals surface area contributed by atoms with Crippen LogP contribution in [0.25, 0.3) is 0 Å². The van der Waals surface area contributed by atoms with Gasteiger partial charge in [0.2, 0.25) is 5.04 Å². The Hall–Kier alpha value is -1.31.